The molecule has 0 atom stereocenters. The van der Waals surface area contributed by atoms with Crippen molar-refractivity contribution in [3.8, 4) is 5.88 Å². The number of rotatable bonds is 6. The van der Waals surface area contributed by atoms with Crippen molar-refractivity contribution in [1.29, 1.82) is 0 Å². The van der Waals surface area contributed by atoms with Gasteiger partial charge in [0.2, 0.25) is 5.88 Å². The zero-order chi connectivity index (χ0) is 20.1. The summed E-state index contributed by atoms with van der Waals surface area (Å²) in [4.78, 5) is 17.9. The minimum absolute atomic E-state index is 0.403. The van der Waals surface area contributed by atoms with E-state index in [1.54, 1.807) is 18.6 Å². The van der Waals surface area contributed by atoms with Gasteiger partial charge in [-0.1, -0.05) is 35.3 Å². The second kappa shape index (κ2) is 9.39. The van der Waals surface area contributed by atoms with E-state index in [-0.39, 0.29) is 0 Å². The van der Waals surface area contributed by atoms with E-state index in [0.29, 0.717) is 22.5 Å². The number of ether oxygens (including phenoxy) is 1. The van der Waals surface area contributed by atoms with Gasteiger partial charge in [0.05, 0.1) is 23.1 Å². The zero-order valence-electron chi connectivity index (χ0n) is 15.8. The summed E-state index contributed by atoms with van der Waals surface area (Å²) < 4.78 is 5.80. The van der Waals surface area contributed by atoms with Crippen molar-refractivity contribution < 1.29 is 4.74 Å². The van der Waals surface area contributed by atoms with E-state index >= 15 is 0 Å². The predicted octanol–water partition coefficient (Wildman–Crippen LogP) is 4.08. The molecule has 1 fully saturated rings. The molecule has 0 aliphatic carbocycles. The summed E-state index contributed by atoms with van der Waals surface area (Å²) in [7, 11) is 0. The highest BCUT2D eigenvalue weighted by molar-refractivity contribution is 6.30. The van der Waals surface area contributed by atoms with Crippen LogP contribution in [-0.2, 0) is 13.2 Å². The van der Waals surface area contributed by atoms with Crippen LogP contribution in [-0.4, -0.2) is 46.0 Å². The Hall–Kier alpha value is -2.41. The quantitative estimate of drug-likeness (QED) is 0.588. The molecule has 0 unspecified atom stereocenters. The molecule has 3 heterocycles. The Labute approximate surface area is 180 Å². The molecule has 0 amide bonds. The Morgan fingerprint density at radius 1 is 0.931 bits per heavy atom. The average molecular weight is 430 g/mol. The van der Waals surface area contributed by atoms with E-state index in [1.165, 1.54) is 0 Å². The van der Waals surface area contributed by atoms with Gasteiger partial charge in [0, 0.05) is 43.9 Å². The zero-order valence-corrected chi connectivity index (χ0v) is 17.4. The minimum Gasteiger partial charge on any atom is -0.472 e. The molecular weight excluding hydrogens is 409 g/mol. The second-order valence-electron chi connectivity index (χ2n) is 6.87. The summed E-state index contributed by atoms with van der Waals surface area (Å²) in [5.74, 6) is 1.34. The smallest absolute Gasteiger partial charge is 0.234 e. The molecule has 1 aromatic carbocycles. The third kappa shape index (κ3) is 5.56. The molecule has 0 N–H and O–H groups in total. The number of hydrogen-bond acceptors (Lipinski definition) is 6. The summed E-state index contributed by atoms with van der Waals surface area (Å²) in [6.07, 6.45) is 5.11. The van der Waals surface area contributed by atoms with Crippen LogP contribution in [0.1, 0.15) is 11.3 Å². The van der Waals surface area contributed by atoms with Crippen molar-refractivity contribution in [2.45, 2.75) is 13.2 Å². The molecule has 4 rings (SSSR count). The Kier molecular flexibility index (Phi) is 6.44. The van der Waals surface area contributed by atoms with Crippen molar-refractivity contribution in [2.24, 2.45) is 0 Å². The summed E-state index contributed by atoms with van der Waals surface area (Å²) in [6.45, 7) is 4.83. The van der Waals surface area contributed by atoms with Crippen molar-refractivity contribution in [3.63, 3.8) is 0 Å². The Balaban J connectivity index is 1.31. The number of halogens is 2. The van der Waals surface area contributed by atoms with E-state index < -0.39 is 0 Å². The van der Waals surface area contributed by atoms with Crippen LogP contribution in [0.25, 0.3) is 0 Å². The summed E-state index contributed by atoms with van der Waals surface area (Å²) >= 11 is 11.9. The highest BCUT2D eigenvalue weighted by Gasteiger charge is 2.19. The fourth-order valence-corrected chi connectivity index (χ4v) is 3.53. The van der Waals surface area contributed by atoms with Crippen molar-refractivity contribution in [3.05, 3.63) is 76.3 Å². The highest BCUT2D eigenvalue weighted by atomic mass is 35.5. The molecule has 150 valence electrons. The Morgan fingerprint density at radius 3 is 2.55 bits per heavy atom. The molecule has 1 aliphatic rings. The van der Waals surface area contributed by atoms with Crippen LogP contribution in [0.5, 0.6) is 5.88 Å². The number of aromatic nitrogens is 3. The third-order valence-corrected chi connectivity index (χ3v) is 5.20. The van der Waals surface area contributed by atoms with Gasteiger partial charge < -0.3 is 9.64 Å². The van der Waals surface area contributed by atoms with E-state index in [0.717, 1.165) is 49.8 Å². The maximum Gasteiger partial charge on any atom is 0.234 e. The maximum atomic E-state index is 6.02. The van der Waals surface area contributed by atoms with Gasteiger partial charge in [-0.15, -0.1) is 0 Å². The SMILES string of the molecule is Clc1ccc(CN2CCN(c3cncc(OCc4cccc(Cl)c4)n3)CC2)nc1. The first kappa shape index (κ1) is 19.9. The lowest BCUT2D eigenvalue weighted by Gasteiger charge is -2.35. The molecule has 0 spiro atoms. The minimum atomic E-state index is 0.403. The summed E-state index contributed by atoms with van der Waals surface area (Å²) in [5, 5.41) is 1.35. The van der Waals surface area contributed by atoms with E-state index in [2.05, 4.69) is 24.8 Å². The van der Waals surface area contributed by atoms with Gasteiger partial charge >= 0.3 is 0 Å². The second-order valence-corrected chi connectivity index (χ2v) is 7.74. The average Bonchev–Trinajstić information content (AvgIpc) is 2.75. The molecule has 0 radical (unpaired) electrons. The Morgan fingerprint density at radius 2 is 1.79 bits per heavy atom. The van der Waals surface area contributed by atoms with Crippen molar-refractivity contribution >= 4 is 29.0 Å². The van der Waals surface area contributed by atoms with Crippen molar-refractivity contribution in [2.75, 3.05) is 31.1 Å². The standard InChI is InChI=1S/C21H21Cl2N5O/c22-17-3-1-2-16(10-17)15-29-21-13-24-12-20(26-21)28-8-6-27(7-9-28)14-19-5-4-18(23)11-25-19/h1-5,10-13H,6-9,14-15H2. The molecule has 0 bridgehead atoms. The lowest BCUT2D eigenvalue weighted by molar-refractivity contribution is 0.246. The molecular formula is C21H21Cl2N5O. The first-order valence-electron chi connectivity index (χ1n) is 9.43. The lowest BCUT2D eigenvalue weighted by atomic mass is 10.2. The molecule has 1 saturated heterocycles. The topological polar surface area (TPSA) is 54.4 Å². The number of nitrogens with zero attached hydrogens (tertiary/aromatic N) is 5. The van der Waals surface area contributed by atoms with Crippen LogP contribution in [0.3, 0.4) is 0 Å². The van der Waals surface area contributed by atoms with Crippen molar-refractivity contribution in [1.82, 2.24) is 19.9 Å². The number of piperazine rings is 1. The van der Waals surface area contributed by atoms with Gasteiger partial charge in [0.25, 0.3) is 0 Å². The van der Waals surface area contributed by atoms with E-state index in [4.69, 9.17) is 27.9 Å². The van der Waals surface area contributed by atoms with Gasteiger partial charge in [0.15, 0.2) is 5.82 Å². The van der Waals surface area contributed by atoms with Gasteiger partial charge in [-0.05, 0) is 29.8 Å². The van der Waals surface area contributed by atoms with E-state index in [1.807, 2.05) is 36.4 Å². The third-order valence-electron chi connectivity index (χ3n) is 4.75. The molecule has 3 aromatic rings. The molecule has 2 aromatic heterocycles. The van der Waals surface area contributed by atoms with Crippen LogP contribution >= 0.6 is 23.2 Å². The maximum absolute atomic E-state index is 6.02. The van der Waals surface area contributed by atoms with Gasteiger partial charge in [-0.2, -0.15) is 4.98 Å². The van der Waals surface area contributed by atoms with Crippen LogP contribution < -0.4 is 9.64 Å². The molecule has 1 aliphatic heterocycles. The first-order valence-corrected chi connectivity index (χ1v) is 10.2. The van der Waals surface area contributed by atoms with Crippen LogP contribution in [0.2, 0.25) is 10.0 Å². The highest BCUT2D eigenvalue weighted by Crippen LogP contribution is 2.19. The van der Waals surface area contributed by atoms with Gasteiger partial charge in [-0.3, -0.25) is 14.9 Å². The normalized spacial score (nSPS) is 14.8. The lowest BCUT2D eigenvalue weighted by Crippen LogP contribution is -2.46. The number of benzene rings is 1. The number of hydrogen-bond donors (Lipinski definition) is 0. The van der Waals surface area contributed by atoms with Crippen LogP contribution in [0.4, 0.5) is 5.82 Å². The molecule has 0 saturated carbocycles. The van der Waals surface area contributed by atoms with Gasteiger partial charge in [-0.25, -0.2) is 0 Å². The predicted molar refractivity (Wildman–Crippen MR) is 115 cm³/mol. The van der Waals surface area contributed by atoms with Crippen LogP contribution in [0.15, 0.2) is 55.0 Å². The summed E-state index contributed by atoms with van der Waals surface area (Å²) in [5.41, 5.74) is 2.02. The number of pyridine rings is 1. The molecule has 6 nitrogen and oxygen atoms in total. The van der Waals surface area contributed by atoms with Crippen LogP contribution in [0, 0.1) is 0 Å². The first-order chi connectivity index (χ1) is 14.2. The largest absolute Gasteiger partial charge is 0.472 e. The monoisotopic (exact) mass is 429 g/mol. The fourth-order valence-electron chi connectivity index (χ4n) is 3.21. The Bertz CT molecular complexity index is 946. The molecule has 8 heteroatoms. The fraction of sp³-hybridized carbons (Fsp3) is 0.286. The van der Waals surface area contributed by atoms with E-state index in [9.17, 15) is 0 Å². The van der Waals surface area contributed by atoms with Gasteiger partial charge in [0.1, 0.15) is 6.61 Å². The number of anilines is 1. The summed E-state index contributed by atoms with van der Waals surface area (Å²) in [6, 6.07) is 11.5. The molecule has 29 heavy (non-hydrogen) atoms.